The van der Waals surface area contributed by atoms with Gasteiger partial charge in [0.05, 0.1) is 10.7 Å². The largest absolute Gasteiger partial charge is 0.314 e. The summed E-state index contributed by atoms with van der Waals surface area (Å²) in [6, 6.07) is 7.14. The van der Waals surface area contributed by atoms with Crippen molar-refractivity contribution in [2.75, 3.05) is 19.6 Å². The van der Waals surface area contributed by atoms with Gasteiger partial charge in [-0.2, -0.15) is 0 Å². The predicted molar refractivity (Wildman–Crippen MR) is 88.6 cm³/mol. The molecule has 0 bridgehead atoms. The van der Waals surface area contributed by atoms with Crippen molar-refractivity contribution in [3.8, 4) is 0 Å². The lowest BCUT2D eigenvalue weighted by Crippen LogP contribution is -2.45. The lowest BCUT2D eigenvalue weighted by Gasteiger charge is -2.36. The van der Waals surface area contributed by atoms with E-state index >= 15 is 0 Å². The lowest BCUT2D eigenvalue weighted by molar-refractivity contribution is 0.152. The zero-order valence-corrected chi connectivity index (χ0v) is 13.9. The Morgan fingerprint density at radius 3 is 3.05 bits per heavy atom. The molecular weight excluding hydrogens is 297 g/mol. The Labute approximate surface area is 135 Å². The number of thiazole rings is 1. The Bertz CT molecular complexity index is 626. The maximum Gasteiger partial charge on any atom is 0.123 e. The predicted octanol–water partition coefficient (Wildman–Crippen LogP) is 3.55. The van der Waals surface area contributed by atoms with E-state index in [1.807, 2.05) is 6.07 Å². The molecular formula is C17H22FN3S. The zero-order chi connectivity index (χ0) is 15.5. The minimum atomic E-state index is -0.168. The SMILES string of the molecule is CC(C)c1nc(CN2CCNCC2c2cccc(F)c2)cs1. The average Bonchev–Trinajstić information content (AvgIpc) is 2.97. The van der Waals surface area contributed by atoms with Crippen molar-refractivity contribution in [3.05, 3.63) is 51.7 Å². The summed E-state index contributed by atoms with van der Waals surface area (Å²) in [6.07, 6.45) is 0. The van der Waals surface area contributed by atoms with Crippen LogP contribution >= 0.6 is 11.3 Å². The van der Waals surface area contributed by atoms with Crippen molar-refractivity contribution in [2.24, 2.45) is 0 Å². The average molecular weight is 319 g/mol. The first-order chi connectivity index (χ1) is 10.6. The normalized spacial score (nSPS) is 19.7. The van der Waals surface area contributed by atoms with Gasteiger partial charge in [-0.05, 0) is 17.7 Å². The molecule has 0 amide bonds. The van der Waals surface area contributed by atoms with E-state index in [1.54, 1.807) is 23.5 Å². The van der Waals surface area contributed by atoms with Crippen LogP contribution in [0.25, 0.3) is 0 Å². The minimum absolute atomic E-state index is 0.168. The number of benzene rings is 1. The fraction of sp³-hybridized carbons (Fsp3) is 0.471. The van der Waals surface area contributed by atoms with Crippen LogP contribution in [0.1, 0.15) is 42.1 Å². The van der Waals surface area contributed by atoms with E-state index in [-0.39, 0.29) is 11.9 Å². The van der Waals surface area contributed by atoms with Gasteiger partial charge in [0.1, 0.15) is 5.82 Å². The van der Waals surface area contributed by atoms with Gasteiger partial charge in [-0.25, -0.2) is 9.37 Å². The molecule has 0 spiro atoms. The highest BCUT2D eigenvalue weighted by molar-refractivity contribution is 7.09. The topological polar surface area (TPSA) is 28.2 Å². The Kier molecular flexibility index (Phi) is 4.86. The molecule has 1 aliphatic heterocycles. The highest BCUT2D eigenvalue weighted by atomic mass is 32.1. The molecule has 0 radical (unpaired) electrons. The van der Waals surface area contributed by atoms with Gasteiger partial charge < -0.3 is 5.32 Å². The molecule has 22 heavy (non-hydrogen) atoms. The van der Waals surface area contributed by atoms with E-state index in [0.29, 0.717) is 5.92 Å². The van der Waals surface area contributed by atoms with Crippen LogP contribution in [-0.4, -0.2) is 29.5 Å². The van der Waals surface area contributed by atoms with Gasteiger partial charge in [-0.1, -0.05) is 26.0 Å². The molecule has 2 heterocycles. The molecule has 118 valence electrons. The first-order valence-corrected chi connectivity index (χ1v) is 8.66. The van der Waals surface area contributed by atoms with E-state index in [2.05, 4.69) is 29.4 Å². The smallest absolute Gasteiger partial charge is 0.123 e. The summed E-state index contributed by atoms with van der Waals surface area (Å²) in [5, 5.41) is 6.75. The monoisotopic (exact) mass is 319 g/mol. The van der Waals surface area contributed by atoms with E-state index in [9.17, 15) is 4.39 Å². The van der Waals surface area contributed by atoms with E-state index in [0.717, 1.165) is 37.4 Å². The molecule has 1 atom stereocenters. The maximum absolute atomic E-state index is 13.5. The number of piperazine rings is 1. The number of hydrogen-bond donors (Lipinski definition) is 1. The molecule has 1 aromatic carbocycles. The molecule has 1 aliphatic rings. The molecule has 1 fully saturated rings. The summed E-state index contributed by atoms with van der Waals surface area (Å²) in [7, 11) is 0. The fourth-order valence-electron chi connectivity index (χ4n) is 2.85. The van der Waals surface area contributed by atoms with Gasteiger partial charge >= 0.3 is 0 Å². The van der Waals surface area contributed by atoms with Crippen LogP contribution in [0.4, 0.5) is 4.39 Å². The van der Waals surface area contributed by atoms with E-state index < -0.39 is 0 Å². The van der Waals surface area contributed by atoms with Crippen LogP contribution < -0.4 is 5.32 Å². The van der Waals surface area contributed by atoms with Crippen LogP contribution in [0.3, 0.4) is 0 Å². The minimum Gasteiger partial charge on any atom is -0.314 e. The zero-order valence-electron chi connectivity index (χ0n) is 13.1. The summed E-state index contributed by atoms with van der Waals surface area (Å²) in [5.74, 6) is 0.305. The fourth-order valence-corrected chi connectivity index (χ4v) is 3.67. The van der Waals surface area contributed by atoms with Crippen molar-refractivity contribution >= 4 is 11.3 Å². The molecule has 1 aromatic heterocycles. The van der Waals surface area contributed by atoms with Crippen LogP contribution in [0.15, 0.2) is 29.6 Å². The van der Waals surface area contributed by atoms with Gasteiger partial charge in [-0.3, -0.25) is 4.90 Å². The van der Waals surface area contributed by atoms with E-state index in [4.69, 9.17) is 4.98 Å². The van der Waals surface area contributed by atoms with Crippen molar-refractivity contribution in [3.63, 3.8) is 0 Å². The second-order valence-electron chi connectivity index (χ2n) is 6.08. The number of halogens is 1. The molecule has 5 heteroatoms. The van der Waals surface area contributed by atoms with Gasteiger partial charge in [-0.15, -0.1) is 11.3 Å². The van der Waals surface area contributed by atoms with Crippen molar-refractivity contribution < 1.29 is 4.39 Å². The summed E-state index contributed by atoms with van der Waals surface area (Å²) < 4.78 is 13.5. The summed E-state index contributed by atoms with van der Waals surface area (Å²) in [6.45, 7) is 7.94. The van der Waals surface area contributed by atoms with E-state index in [1.165, 1.54) is 11.1 Å². The van der Waals surface area contributed by atoms with Crippen LogP contribution in [0, 0.1) is 5.82 Å². The molecule has 0 saturated carbocycles. The van der Waals surface area contributed by atoms with Crippen molar-refractivity contribution in [1.82, 2.24) is 15.2 Å². The third kappa shape index (κ3) is 3.54. The molecule has 1 saturated heterocycles. The number of nitrogens with zero attached hydrogens (tertiary/aromatic N) is 2. The first kappa shape index (κ1) is 15.6. The second-order valence-corrected chi connectivity index (χ2v) is 6.97. The van der Waals surface area contributed by atoms with Gasteiger partial charge in [0.2, 0.25) is 0 Å². The lowest BCUT2D eigenvalue weighted by atomic mass is 10.0. The summed E-state index contributed by atoms with van der Waals surface area (Å²) in [5.41, 5.74) is 2.16. The third-order valence-corrected chi connectivity index (χ3v) is 5.21. The second kappa shape index (κ2) is 6.86. The highest BCUT2D eigenvalue weighted by Crippen LogP contribution is 2.26. The van der Waals surface area contributed by atoms with Gasteiger partial charge in [0.25, 0.3) is 0 Å². The van der Waals surface area contributed by atoms with Crippen molar-refractivity contribution in [2.45, 2.75) is 32.4 Å². The maximum atomic E-state index is 13.5. The number of rotatable bonds is 4. The number of nitrogens with one attached hydrogen (secondary N) is 1. The molecule has 1 unspecified atom stereocenters. The molecule has 2 aromatic rings. The quantitative estimate of drug-likeness (QED) is 0.934. The van der Waals surface area contributed by atoms with Gasteiger partial charge in [0, 0.05) is 43.5 Å². The number of hydrogen-bond acceptors (Lipinski definition) is 4. The highest BCUT2D eigenvalue weighted by Gasteiger charge is 2.24. The Balaban J connectivity index is 1.77. The molecule has 3 rings (SSSR count). The van der Waals surface area contributed by atoms with Gasteiger partial charge in [0.15, 0.2) is 0 Å². The Hall–Kier alpha value is -1.30. The Morgan fingerprint density at radius 1 is 1.45 bits per heavy atom. The summed E-state index contributed by atoms with van der Waals surface area (Å²) >= 11 is 1.73. The first-order valence-electron chi connectivity index (χ1n) is 7.78. The van der Waals surface area contributed by atoms with Crippen LogP contribution in [-0.2, 0) is 6.54 Å². The molecule has 1 N–H and O–H groups in total. The van der Waals surface area contributed by atoms with Crippen molar-refractivity contribution in [1.29, 1.82) is 0 Å². The van der Waals surface area contributed by atoms with Crippen LogP contribution in [0.5, 0.6) is 0 Å². The third-order valence-electron chi connectivity index (χ3n) is 4.02. The molecule has 0 aliphatic carbocycles. The Morgan fingerprint density at radius 2 is 2.32 bits per heavy atom. The van der Waals surface area contributed by atoms with Crippen LogP contribution in [0.2, 0.25) is 0 Å². The number of aromatic nitrogens is 1. The standard InChI is InChI=1S/C17H22FN3S/c1-12(2)17-20-15(11-22-17)10-21-7-6-19-9-16(21)13-4-3-5-14(18)8-13/h3-5,8,11-12,16,19H,6-7,9-10H2,1-2H3. The molecule has 3 nitrogen and oxygen atoms in total. The summed E-state index contributed by atoms with van der Waals surface area (Å²) in [4.78, 5) is 7.13.